The zero-order chi connectivity index (χ0) is 20.5. The van der Waals surface area contributed by atoms with Crippen LogP contribution in [0.4, 0.5) is 11.4 Å². The number of rotatable bonds is 5. The van der Waals surface area contributed by atoms with Gasteiger partial charge in [0.2, 0.25) is 5.91 Å². The number of halogens is 1. The van der Waals surface area contributed by atoms with Crippen molar-refractivity contribution in [3.8, 4) is 5.75 Å². The summed E-state index contributed by atoms with van der Waals surface area (Å²) in [5.74, 6) is -0.689. The summed E-state index contributed by atoms with van der Waals surface area (Å²) < 4.78 is 5.99. The molecule has 9 nitrogen and oxygen atoms in total. The third-order valence-corrected chi connectivity index (χ3v) is 5.15. The van der Waals surface area contributed by atoms with Crippen molar-refractivity contribution in [3.63, 3.8) is 0 Å². The Morgan fingerprint density at radius 3 is 2.45 bits per heavy atom. The van der Waals surface area contributed by atoms with Crippen molar-refractivity contribution in [2.24, 2.45) is 10.3 Å². The van der Waals surface area contributed by atoms with Crippen LogP contribution in [0.15, 0.2) is 63.3 Å². The molecule has 0 radical (unpaired) electrons. The van der Waals surface area contributed by atoms with E-state index in [4.69, 9.17) is 4.74 Å². The molecular weight excluding hydrogens is 442 g/mol. The van der Waals surface area contributed by atoms with Gasteiger partial charge in [0.05, 0.1) is 12.8 Å². The number of ether oxygens (including phenoxy) is 1. The summed E-state index contributed by atoms with van der Waals surface area (Å²) in [7, 11) is 1.53. The summed E-state index contributed by atoms with van der Waals surface area (Å²) in [6.07, 6.45) is 0. The number of carbonyl (C=O) groups is 3. The minimum absolute atomic E-state index is 0.198. The highest BCUT2D eigenvalue weighted by atomic mass is 79.9. The first-order valence-corrected chi connectivity index (χ1v) is 9.52. The summed E-state index contributed by atoms with van der Waals surface area (Å²) >= 11 is 3.33. The fourth-order valence-corrected chi connectivity index (χ4v) is 3.48. The van der Waals surface area contributed by atoms with Gasteiger partial charge in [0, 0.05) is 10.2 Å². The Morgan fingerprint density at radius 1 is 1.10 bits per heavy atom. The van der Waals surface area contributed by atoms with Gasteiger partial charge >= 0.3 is 0 Å². The van der Waals surface area contributed by atoms with E-state index in [2.05, 4.69) is 31.6 Å². The molecule has 1 N–H and O–H groups in total. The summed E-state index contributed by atoms with van der Waals surface area (Å²) in [5.41, 5.74) is 1.03. The van der Waals surface area contributed by atoms with E-state index in [1.54, 1.807) is 48.5 Å². The Hall–Kier alpha value is -3.27. The maximum Gasteiger partial charge on any atom is 0.263 e. The summed E-state index contributed by atoms with van der Waals surface area (Å²) in [5, 5.41) is 11.8. The van der Waals surface area contributed by atoms with Crippen LogP contribution in [0.2, 0.25) is 0 Å². The van der Waals surface area contributed by atoms with Gasteiger partial charge in [-0.15, -0.1) is 0 Å². The number of fused-ring (bicyclic) bond motifs is 1. The van der Waals surface area contributed by atoms with Gasteiger partial charge in [0.1, 0.15) is 12.3 Å². The number of imide groups is 1. The quantitative estimate of drug-likeness (QED) is 0.694. The molecule has 0 unspecified atom stereocenters. The van der Waals surface area contributed by atoms with Gasteiger partial charge in [0.15, 0.2) is 12.1 Å². The molecule has 0 spiro atoms. The number of carbonyl (C=O) groups excluding carboxylic acids is 3. The van der Waals surface area contributed by atoms with Crippen molar-refractivity contribution in [2.75, 3.05) is 23.9 Å². The molecule has 2 heterocycles. The van der Waals surface area contributed by atoms with Crippen molar-refractivity contribution >= 4 is 45.0 Å². The molecular formula is C19H16BrN5O4. The lowest BCUT2D eigenvalue weighted by Gasteiger charge is -2.20. The maximum atomic E-state index is 12.9. The molecule has 0 aromatic heterocycles. The van der Waals surface area contributed by atoms with Crippen LogP contribution in [0.3, 0.4) is 0 Å². The highest BCUT2D eigenvalue weighted by Gasteiger charge is 2.55. The second-order valence-corrected chi connectivity index (χ2v) is 7.37. The van der Waals surface area contributed by atoms with E-state index in [1.165, 1.54) is 12.1 Å². The zero-order valence-corrected chi connectivity index (χ0v) is 16.9. The van der Waals surface area contributed by atoms with E-state index in [0.29, 0.717) is 17.1 Å². The fourth-order valence-electron chi connectivity index (χ4n) is 3.22. The first-order chi connectivity index (χ1) is 14.0. The van der Waals surface area contributed by atoms with Crippen LogP contribution in [0, 0.1) is 0 Å². The van der Waals surface area contributed by atoms with E-state index >= 15 is 0 Å². The zero-order valence-electron chi connectivity index (χ0n) is 15.3. The Kier molecular flexibility index (Phi) is 5.01. The molecule has 1 saturated heterocycles. The molecule has 2 aromatic carbocycles. The van der Waals surface area contributed by atoms with E-state index in [-0.39, 0.29) is 12.5 Å². The third kappa shape index (κ3) is 3.58. The molecule has 4 rings (SSSR count). The lowest BCUT2D eigenvalue weighted by atomic mass is 10.1. The van der Waals surface area contributed by atoms with Gasteiger partial charge in [-0.25, -0.2) is 4.90 Å². The Bertz CT molecular complexity index is 993. The number of hydrogen-bond donors (Lipinski definition) is 1. The van der Waals surface area contributed by atoms with E-state index < -0.39 is 23.9 Å². The highest BCUT2D eigenvalue weighted by Crippen LogP contribution is 2.32. The molecule has 1 fully saturated rings. The SMILES string of the molecule is COc1ccc(N2C(=O)[C@@H]3N=NN(CC(=O)Nc4ccc(Br)cc4)[C@H]3C2=O)cc1. The monoisotopic (exact) mass is 457 g/mol. The van der Waals surface area contributed by atoms with Crippen LogP contribution in [-0.4, -0.2) is 48.5 Å². The smallest absolute Gasteiger partial charge is 0.263 e. The molecule has 0 bridgehead atoms. The lowest BCUT2D eigenvalue weighted by Crippen LogP contribution is -2.43. The number of hydrogen-bond acceptors (Lipinski definition) is 7. The average molecular weight is 458 g/mol. The summed E-state index contributed by atoms with van der Waals surface area (Å²) in [6, 6.07) is 11.8. The van der Waals surface area contributed by atoms with Gasteiger partial charge in [0.25, 0.3) is 11.8 Å². The number of nitrogens with one attached hydrogen (secondary N) is 1. The van der Waals surface area contributed by atoms with Crippen molar-refractivity contribution < 1.29 is 19.1 Å². The molecule has 29 heavy (non-hydrogen) atoms. The predicted octanol–water partition coefficient (Wildman–Crippen LogP) is 2.39. The maximum absolute atomic E-state index is 12.9. The van der Waals surface area contributed by atoms with Crippen LogP contribution < -0.4 is 15.0 Å². The molecule has 10 heteroatoms. The van der Waals surface area contributed by atoms with E-state index in [1.807, 2.05) is 0 Å². The van der Waals surface area contributed by atoms with E-state index in [0.717, 1.165) is 9.37 Å². The van der Waals surface area contributed by atoms with Gasteiger partial charge in [-0.3, -0.25) is 19.4 Å². The van der Waals surface area contributed by atoms with Gasteiger partial charge in [-0.2, -0.15) is 5.11 Å². The number of benzene rings is 2. The fraction of sp³-hybridized carbons (Fsp3) is 0.211. The number of methoxy groups -OCH3 is 1. The molecule has 2 aliphatic rings. The molecule has 2 atom stereocenters. The van der Waals surface area contributed by atoms with Crippen molar-refractivity contribution in [1.29, 1.82) is 0 Å². The molecule has 148 valence electrons. The van der Waals surface area contributed by atoms with Crippen LogP contribution >= 0.6 is 15.9 Å². The van der Waals surface area contributed by atoms with Crippen LogP contribution in [-0.2, 0) is 14.4 Å². The van der Waals surface area contributed by atoms with Crippen LogP contribution in [0.1, 0.15) is 0 Å². The summed E-state index contributed by atoms with van der Waals surface area (Å²) in [4.78, 5) is 39.0. The Labute approximate surface area is 174 Å². The Morgan fingerprint density at radius 2 is 1.79 bits per heavy atom. The van der Waals surface area contributed by atoms with Gasteiger partial charge in [-0.1, -0.05) is 21.2 Å². The van der Waals surface area contributed by atoms with Crippen molar-refractivity contribution in [2.45, 2.75) is 12.1 Å². The van der Waals surface area contributed by atoms with Crippen molar-refractivity contribution in [3.05, 3.63) is 53.0 Å². The summed E-state index contributed by atoms with van der Waals surface area (Å²) in [6.45, 7) is -0.198. The minimum Gasteiger partial charge on any atom is -0.497 e. The molecule has 0 saturated carbocycles. The highest BCUT2D eigenvalue weighted by molar-refractivity contribution is 9.10. The van der Waals surface area contributed by atoms with Gasteiger partial charge < -0.3 is 10.1 Å². The predicted molar refractivity (Wildman–Crippen MR) is 107 cm³/mol. The Balaban J connectivity index is 1.47. The second-order valence-electron chi connectivity index (χ2n) is 6.46. The van der Waals surface area contributed by atoms with Crippen molar-refractivity contribution in [1.82, 2.24) is 5.01 Å². The number of amides is 3. The van der Waals surface area contributed by atoms with Crippen LogP contribution in [0.5, 0.6) is 5.75 Å². The number of anilines is 2. The average Bonchev–Trinajstić information content (AvgIpc) is 3.23. The standard InChI is InChI=1S/C19H16BrN5O4/c1-29-14-8-6-13(7-9-14)25-18(27)16-17(19(25)28)24(23-22-16)10-15(26)21-12-4-2-11(20)3-5-12/h2-9,16-17H,10H2,1H3,(H,21,26)/t16-,17-/m1/s1. The molecule has 2 aliphatic heterocycles. The van der Waals surface area contributed by atoms with Gasteiger partial charge in [-0.05, 0) is 48.5 Å². The van der Waals surface area contributed by atoms with Crippen LogP contribution in [0.25, 0.3) is 0 Å². The lowest BCUT2D eigenvalue weighted by molar-refractivity contribution is -0.123. The topological polar surface area (TPSA) is 104 Å². The first-order valence-electron chi connectivity index (χ1n) is 8.72. The number of nitrogens with zero attached hydrogens (tertiary/aromatic N) is 4. The molecule has 3 amide bonds. The van der Waals surface area contributed by atoms with E-state index in [9.17, 15) is 14.4 Å². The largest absolute Gasteiger partial charge is 0.497 e. The molecule has 2 aromatic rings. The first kappa shape index (κ1) is 19.1. The third-order valence-electron chi connectivity index (χ3n) is 4.62. The molecule has 0 aliphatic carbocycles. The normalized spacial score (nSPS) is 20.2. The minimum atomic E-state index is -0.954. The second kappa shape index (κ2) is 7.63.